The fourth-order valence-corrected chi connectivity index (χ4v) is 2.16. The molecule has 2 N–H and O–H groups in total. The van der Waals surface area contributed by atoms with Gasteiger partial charge in [-0.05, 0) is 36.2 Å². The Morgan fingerprint density at radius 1 is 1.11 bits per heavy atom. The lowest BCUT2D eigenvalue weighted by Crippen LogP contribution is -2.17. The molecule has 0 spiro atoms. The van der Waals surface area contributed by atoms with Crippen molar-refractivity contribution in [1.82, 2.24) is 0 Å². The zero-order valence-corrected chi connectivity index (χ0v) is 10.8. The van der Waals surface area contributed by atoms with Crippen molar-refractivity contribution < 1.29 is 13.2 Å². The van der Waals surface area contributed by atoms with Crippen molar-refractivity contribution in [1.29, 1.82) is 0 Å². The first-order valence-corrected chi connectivity index (χ1v) is 5.94. The molecule has 2 aromatic carbocycles. The van der Waals surface area contributed by atoms with Crippen LogP contribution < -0.4 is 5.73 Å². The minimum atomic E-state index is -1.09. The van der Waals surface area contributed by atoms with Gasteiger partial charge in [-0.1, -0.05) is 23.7 Å². The number of halogens is 4. The van der Waals surface area contributed by atoms with Crippen LogP contribution in [0.2, 0.25) is 5.02 Å². The molecule has 0 radical (unpaired) electrons. The summed E-state index contributed by atoms with van der Waals surface area (Å²) in [6, 6.07) is 4.91. The molecule has 0 saturated carbocycles. The van der Waals surface area contributed by atoms with Crippen molar-refractivity contribution in [3.8, 4) is 0 Å². The largest absolute Gasteiger partial charge is 0.320 e. The van der Waals surface area contributed by atoms with Gasteiger partial charge in [0.2, 0.25) is 0 Å². The molecular weight excluding hydrogens is 275 g/mol. The number of rotatable bonds is 2. The lowest BCUT2D eigenvalue weighted by Gasteiger charge is -2.17. The van der Waals surface area contributed by atoms with Gasteiger partial charge in [-0.25, -0.2) is 13.2 Å². The van der Waals surface area contributed by atoms with E-state index in [2.05, 4.69) is 0 Å². The SMILES string of the molecule is Cc1ccc(F)c(C(N)c2ccc(F)cc2Cl)c1F. The molecule has 1 unspecified atom stereocenters. The summed E-state index contributed by atoms with van der Waals surface area (Å²) in [5, 5.41) is 0.0350. The monoisotopic (exact) mass is 285 g/mol. The minimum absolute atomic E-state index is 0.0350. The van der Waals surface area contributed by atoms with E-state index in [0.29, 0.717) is 0 Å². The summed E-state index contributed by atoms with van der Waals surface area (Å²) < 4.78 is 40.7. The molecule has 0 aliphatic rings. The number of hydrogen-bond acceptors (Lipinski definition) is 1. The normalized spacial score (nSPS) is 12.5. The van der Waals surface area contributed by atoms with Gasteiger partial charge in [0.15, 0.2) is 0 Å². The topological polar surface area (TPSA) is 26.0 Å². The van der Waals surface area contributed by atoms with Gasteiger partial charge >= 0.3 is 0 Å². The van der Waals surface area contributed by atoms with Crippen molar-refractivity contribution in [3.05, 3.63) is 69.5 Å². The molecule has 1 nitrogen and oxygen atoms in total. The van der Waals surface area contributed by atoms with E-state index in [4.69, 9.17) is 17.3 Å². The average Bonchev–Trinajstić information content (AvgIpc) is 2.34. The maximum atomic E-state index is 14.0. The number of hydrogen-bond donors (Lipinski definition) is 1. The predicted octanol–water partition coefficient (Wildman–Crippen LogP) is 4.11. The van der Waals surface area contributed by atoms with Crippen molar-refractivity contribution in [2.75, 3.05) is 0 Å². The zero-order chi connectivity index (χ0) is 14.2. The molecule has 0 aliphatic heterocycles. The quantitative estimate of drug-likeness (QED) is 0.883. The predicted molar refractivity (Wildman–Crippen MR) is 68.5 cm³/mol. The van der Waals surface area contributed by atoms with E-state index in [1.807, 2.05) is 0 Å². The molecule has 0 saturated heterocycles. The van der Waals surface area contributed by atoms with Gasteiger partial charge in [-0.15, -0.1) is 0 Å². The van der Waals surface area contributed by atoms with Crippen LogP contribution >= 0.6 is 11.6 Å². The van der Waals surface area contributed by atoms with Crippen molar-refractivity contribution in [3.63, 3.8) is 0 Å². The Morgan fingerprint density at radius 3 is 2.42 bits per heavy atom. The molecule has 0 aliphatic carbocycles. The van der Waals surface area contributed by atoms with Crippen LogP contribution in [0.1, 0.15) is 22.7 Å². The van der Waals surface area contributed by atoms with Gasteiger partial charge < -0.3 is 5.73 Å². The van der Waals surface area contributed by atoms with Gasteiger partial charge in [-0.2, -0.15) is 0 Å². The maximum absolute atomic E-state index is 14.0. The molecule has 5 heteroatoms. The van der Waals surface area contributed by atoms with Crippen LogP contribution in [0.4, 0.5) is 13.2 Å². The molecule has 1 atom stereocenters. The van der Waals surface area contributed by atoms with Gasteiger partial charge in [0.1, 0.15) is 17.5 Å². The zero-order valence-electron chi connectivity index (χ0n) is 10.1. The fourth-order valence-electron chi connectivity index (χ4n) is 1.87. The van der Waals surface area contributed by atoms with Crippen LogP contribution in [-0.2, 0) is 0 Å². The first-order valence-electron chi connectivity index (χ1n) is 5.57. The van der Waals surface area contributed by atoms with Crippen LogP contribution in [0.3, 0.4) is 0 Å². The van der Waals surface area contributed by atoms with E-state index in [9.17, 15) is 13.2 Å². The van der Waals surface area contributed by atoms with E-state index >= 15 is 0 Å². The number of nitrogens with two attached hydrogens (primary N) is 1. The second kappa shape index (κ2) is 5.23. The van der Waals surface area contributed by atoms with Crippen LogP contribution in [0.25, 0.3) is 0 Å². The third kappa shape index (κ3) is 2.60. The Labute approximate surface area is 113 Å². The molecule has 2 rings (SSSR count). The Kier molecular flexibility index (Phi) is 3.83. The molecule has 0 heterocycles. The van der Waals surface area contributed by atoms with E-state index < -0.39 is 23.5 Å². The van der Waals surface area contributed by atoms with E-state index in [-0.39, 0.29) is 21.7 Å². The van der Waals surface area contributed by atoms with Gasteiger partial charge in [0.25, 0.3) is 0 Å². The van der Waals surface area contributed by atoms with Crippen molar-refractivity contribution in [2.24, 2.45) is 5.73 Å². The molecule has 100 valence electrons. The summed E-state index contributed by atoms with van der Waals surface area (Å²) in [6.07, 6.45) is 0. The molecule has 0 aromatic heterocycles. The summed E-state index contributed by atoms with van der Waals surface area (Å²) in [7, 11) is 0. The first-order chi connectivity index (χ1) is 8.91. The van der Waals surface area contributed by atoms with E-state index in [1.54, 1.807) is 0 Å². The third-order valence-corrected chi connectivity index (χ3v) is 3.26. The molecule has 19 heavy (non-hydrogen) atoms. The summed E-state index contributed by atoms with van der Waals surface area (Å²) in [4.78, 5) is 0. The smallest absolute Gasteiger partial charge is 0.134 e. The Bertz CT molecular complexity index is 628. The second-order valence-corrected chi connectivity index (χ2v) is 4.64. The van der Waals surface area contributed by atoms with Crippen LogP contribution in [-0.4, -0.2) is 0 Å². The fraction of sp³-hybridized carbons (Fsp3) is 0.143. The average molecular weight is 286 g/mol. The van der Waals surface area contributed by atoms with Crippen LogP contribution in [0, 0.1) is 24.4 Å². The van der Waals surface area contributed by atoms with Gasteiger partial charge in [0, 0.05) is 10.6 Å². The standard InChI is InChI=1S/C14H11ClF3N/c1-7-2-5-11(17)12(13(7)18)14(19)9-4-3-8(16)6-10(9)15/h2-6,14H,19H2,1H3. The number of benzene rings is 2. The molecule has 0 bridgehead atoms. The lowest BCUT2D eigenvalue weighted by atomic mass is 9.96. The highest BCUT2D eigenvalue weighted by molar-refractivity contribution is 6.31. The third-order valence-electron chi connectivity index (χ3n) is 2.93. The molecular formula is C14H11ClF3N. The lowest BCUT2D eigenvalue weighted by molar-refractivity contribution is 0.538. The van der Waals surface area contributed by atoms with Crippen LogP contribution in [0.15, 0.2) is 30.3 Å². The highest BCUT2D eigenvalue weighted by Gasteiger charge is 2.21. The first kappa shape index (κ1) is 13.9. The second-order valence-electron chi connectivity index (χ2n) is 4.24. The Morgan fingerprint density at radius 2 is 1.79 bits per heavy atom. The summed E-state index contributed by atoms with van der Waals surface area (Å²) in [6.45, 7) is 1.51. The summed E-state index contributed by atoms with van der Waals surface area (Å²) >= 11 is 5.85. The van der Waals surface area contributed by atoms with Crippen LogP contribution in [0.5, 0.6) is 0 Å². The molecule has 0 amide bonds. The van der Waals surface area contributed by atoms with E-state index in [0.717, 1.165) is 18.2 Å². The Hall–Kier alpha value is -1.52. The molecule has 0 fully saturated rings. The highest BCUT2D eigenvalue weighted by atomic mass is 35.5. The van der Waals surface area contributed by atoms with Gasteiger partial charge in [0.05, 0.1) is 6.04 Å². The maximum Gasteiger partial charge on any atom is 0.134 e. The Balaban J connectivity index is 2.56. The summed E-state index contributed by atoms with van der Waals surface area (Å²) in [5.74, 6) is -2.00. The van der Waals surface area contributed by atoms with Gasteiger partial charge in [-0.3, -0.25) is 0 Å². The minimum Gasteiger partial charge on any atom is -0.320 e. The summed E-state index contributed by atoms with van der Waals surface area (Å²) in [5.41, 5.74) is 6.13. The van der Waals surface area contributed by atoms with Crippen molar-refractivity contribution in [2.45, 2.75) is 13.0 Å². The number of aryl methyl sites for hydroxylation is 1. The highest BCUT2D eigenvalue weighted by Crippen LogP contribution is 2.31. The van der Waals surface area contributed by atoms with Crippen molar-refractivity contribution >= 4 is 11.6 Å². The molecule has 2 aromatic rings. The van der Waals surface area contributed by atoms with E-state index in [1.165, 1.54) is 19.1 Å².